The lowest BCUT2D eigenvalue weighted by Crippen LogP contribution is -2.26. The predicted molar refractivity (Wildman–Crippen MR) is 78.4 cm³/mol. The lowest BCUT2D eigenvalue weighted by atomic mass is 9.85. The highest BCUT2D eigenvalue weighted by molar-refractivity contribution is 5.31. The molecule has 18 heavy (non-hydrogen) atoms. The molecule has 0 fully saturated rings. The third-order valence-electron chi connectivity index (χ3n) is 3.64. The number of ether oxygens (including phenoxy) is 1. The quantitative estimate of drug-likeness (QED) is 0.707. The van der Waals surface area contributed by atoms with Gasteiger partial charge in [-0.15, -0.1) is 0 Å². The first-order valence-electron chi connectivity index (χ1n) is 7.07. The molecule has 1 rings (SSSR count). The smallest absolute Gasteiger partial charge is 0.119 e. The van der Waals surface area contributed by atoms with Crippen molar-refractivity contribution in [3.63, 3.8) is 0 Å². The van der Waals surface area contributed by atoms with Crippen molar-refractivity contribution >= 4 is 0 Å². The van der Waals surface area contributed by atoms with Crippen LogP contribution in [0, 0.1) is 5.92 Å². The van der Waals surface area contributed by atoms with E-state index >= 15 is 0 Å². The SMILES string of the molecule is CCCNCC(c1cccc(OC)c1)C(C)CC. The number of nitrogens with one attached hydrogen (secondary N) is 1. The van der Waals surface area contributed by atoms with Crippen LogP contribution in [-0.2, 0) is 0 Å². The zero-order valence-electron chi connectivity index (χ0n) is 12.2. The largest absolute Gasteiger partial charge is 0.497 e. The number of rotatable bonds is 8. The molecular formula is C16H27NO. The summed E-state index contributed by atoms with van der Waals surface area (Å²) in [6.45, 7) is 8.94. The number of hydrogen-bond acceptors (Lipinski definition) is 2. The van der Waals surface area contributed by atoms with Gasteiger partial charge < -0.3 is 10.1 Å². The van der Waals surface area contributed by atoms with Gasteiger partial charge in [-0.3, -0.25) is 0 Å². The van der Waals surface area contributed by atoms with Gasteiger partial charge in [0.25, 0.3) is 0 Å². The Hall–Kier alpha value is -1.02. The van der Waals surface area contributed by atoms with Gasteiger partial charge in [0.2, 0.25) is 0 Å². The molecule has 2 unspecified atom stereocenters. The Kier molecular flexibility index (Phi) is 6.81. The van der Waals surface area contributed by atoms with Gasteiger partial charge in [-0.05, 0) is 42.5 Å². The third kappa shape index (κ3) is 4.34. The maximum absolute atomic E-state index is 5.32. The van der Waals surface area contributed by atoms with Gasteiger partial charge in [-0.2, -0.15) is 0 Å². The van der Waals surface area contributed by atoms with Crippen LogP contribution in [0.15, 0.2) is 24.3 Å². The van der Waals surface area contributed by atoms with Crippen LogP contribution in [0.2, 0.25) is 0 Å². The van der Waals surface area contributed by atoms with Gasteiger partial charge in [-0.25, -0.2) is 0 Å². The molecule has 2 nitrogen and oxygen atoms in total. The molecule has 0 aromatic heterocycles. The summed E-state index contributed by atoms with van der Waals surface area (Å²) in [6.07, 6.45) is 2.39. The van der Waals surface area contributed by atoms with E-state index in [0.29, 0.717) is 11.8 Å². The van der Waals surface area contributed by atoms with E-state index in [2.05, 4.69) is 44.3 Å². The summed E-state index contributed by atoms with van der Waals surface area (Å²) in [7, 11) is 1.73. The first kappa shape index (κ1) is 15.0. The molecule has 0 amide bonds. The summed E-state index contributed by atoms with van der Waals surface area (Å²) in [4.78, 5) is 0. The van der Waals surface area contributed by atoms with Gasteiger partial charge in [0, 0.05) is 6.54 Å². The molecule has 0 aliphatic heterocycles. The Morgan fingerprint density at radius 1 is 1.28 bits per heavy atom. The first-order valence-corrected chi connectivity index (χ1v) is 7.07. The zero-order chi connectivity index (χ0) is 13.4. The average molecular weight is 249 g/mol. The van der Waals surface area contributed by atoms with Crippen molar-refractivity contribution in [2.45, 2.75) is 39.5 Å². The lowest BCUT2D eigenvalue weighted by molar-refractivity contribution is 0.404. The van der Waals surface area contributed by atoms with Gasteiger partial charge in [0.15, 0.2) is 0 Å². The Balaban J connectivity index is 2.79. The molecule has 1 N–H and O–H groups in total. The maximum Gasteiger partial charge on any atom is 0.119 e. The highest BCUT2D eigenvalue weighted by Gasteiger charge is 2.18. The summed E-state index contributed by atoms with van der Waals surface area (Å²) >= 11 is 0. The fourth-order valence-corrected chi connectivity index (χ4v) is 2.24. The first-order chi connectivity index (χ1) is 8.72. The molecule has 0 heterocycles. The molecule has 0 bridgehead atoms. The van der Waals surface area contributed by atoms with Crippen LogP contribution in [0.5, 0.6) is 5.75 Å². The summed E-state index contributed by atoms with van der Waals surface area (Å²) in [6, 6.07) is 8.48. The molecule has 1 aromatic carbocycles. The molecule has 0 saturated heterocycles. The molecular weight excluding hydrogens is 222 g/mol. The van der Waals surface area contributed by atoms with E-state index in [0.717, 1.165) is 18.8 Å². The molecule has 2 atom stereocenters. The van der Waals surface area contributed by atoms with E-state index in [1.165, 1.54) is 18.4 Å². The van der Waals surface area contributed by atoms with Crippen molar-refractivity contribution in [1.82, 2.24) is 5.32 Å². The topological polar surface area (TPSA) is 21.3 Å². The van der Waals surface area contributed by atoms with Crippen LogP contribution in [0.3, 0.4) is 0 Å². The van der Waals surface area contributed by atoms with Crippen molar-refractivity contribution in [2.75, 3.05) is 20.2 Å². The highest BCUT2D eigenvalue weighted by Crippen LogP contribution is 2.28. The Morgan fingerprint density at radius 2 is 2.06 bits per heavy atom. The molecule has 102 valence electrons. The molecule has 0 saturated carbocycles. The van der Waals surface area contributed by atoms with E-state index < -0.39 is 0 Å². The van der Waals surface area contributed by atoms with Gasteiger partial charge in [-0.1, -0.05) is 39.3 Å². The lowest BCUT2D eigenvalue weighted by Gasteiger charge is -2.24. The van der Waals surface area contributed by atoms with Crippen molar-refractivity contribution in [3.8, 4) is 5.75 Å². The molecule has 1 aromatic rings. The van der Waals surface area contributed by atoms with Crippen molar-refractivity contribution in [1.29, 1.82) is 0 Å². The van der Waals surface area contributed by atoms with E-state index in [1.54, 1.807) is 7.11 Å². The molecule has 0 aliphatic carbocycles. The van der Waals surface area contributed by atoms with Crippen LogP contribution in [-0.4, -0.2) is 20.2 Å². The second kappa shape index (κ2) is 8.15. The van der Waals surface area contributed by atoms with Gasteiger partial charge >= 0.3 is 0 Å². The second-order valence-electron chi connectivity index (χ2n) is 4.97. The Labute approximate surface area is 112 Å². The fraction of sp³-hybridized carbons (Fsp3) is 0.625. The molecule has 0 aliphatic rings. The molecule has 0 spiro atoms. The fourth-order valence-electron chi connectivity index (χ4n) is 2.24. The predicted octanol–water partition coefficient (Wildman–Crippen LogP) is 3.82. The van der Waals surface area contributed by atoms with Gasteiger partial charge in [0.05, 0.1) is 7.11 Å². The summed E-state index contributed by atoms with van der Waals surface area (Å²) < 4.78 is 5.32. The zero-order valence-corrected chi connectivity index (χ0v) is 12.2. The van der Waals surface area contributed by atoms with Crippen LogP contribution in [0.1, 0.15) is 45.1 Å². The summed E-state index contributed by atoms with van der Waals surface area (Å²) in [5.41, 5.74) is 1.38. The minimum atomic E-state index is 0.566. The van der Waals surface area contributed by atoms with Crippen LogP contribution >= 0.6 is 0 Å². The summed E-state index contributed by atoms with van der Waals surface area (Å²) in [5.74, 6) is 2.20. The summed E-state index contributed by atoms with van der Waals surface area (Å²) in [5, 5.41) is 3.55. The van der Waals surface area contributed by atoms with Crippen molar-refractivity contribution in [3.05, 3.63) is 29.8 Å². The van der Waals surface area contributed by atoms with Crippen LogP contribution in [0.25, 0.3) is 0 Å². The van der Waals surface area contributed by atoms with Crippen molar-refractivity contribution in [2.24, 2.45) is 5.92 Å². The Bertz CT molecular complexity index is 338. The number of benzene rings is 1. The molecule has 2 heteroatoms. The standard InChI is InChI=1S/C16H27NO/c1-5-10-17-12-16(13(3)6-2)14-8-7-9-15(11-14)18-4/h7-9,11,13,16-17H,5-6,10,12H2,1-4H3. The van der Waals surface area contributed by atoms with Gasteiger partial charge in [0.1, 0.15) is 5.75 Å². The molecule has 0 radical (unpaired) electrons. The van der Waals surface area contributed by atoms with E-state index in [9.17, 15) is 0 Å². The number of hydrogen-bond donors (Lipinski definition) is 1. The monoisotopic (exact) mass is 249 g/mol. The number of methoxy groups -OCH3 is 1. The highest BCUT2D eigenvalue weighted by atomic mass is 16.5. The van der Waals surface area contributed by atoms with E-state index in [4.69, 9.17) is 4.74 Å². The second-order valence-corrected chi connectivity index (χ2v) is 4.97. The van der Waals surface area contributed by atoms with E-state index in [1.807, 2.05) is 6.07 Å². The normalized spacial score (nSPS) is 14.2. The maximum atomic E-state index is 5.32. The van der Waals surface area contributed by atoms with Crippen LogP contribution in [0.4, 0.5) is 0 Å². The third-order valence-corrected chi connectivity index (χ3v) is 3.64. The minimum absolute atomic E-state index is 0.566. The van der Waals surface area contributed by atoms with E-state index in [-0.39, 0.29) is 0 Å². The minimum Gasteiger partial charge on any atom is -0.497 e. The van der Waals surface area contributed by atoms with Crippen molar-refractivity contribution < 1.29 is 4.74 Å². The van der Waals surface area contributed by atoms with Crippen LogP contribution < -0.4 is 10.1 Å². The Morgan fingerprint density at radius 3 is 2.67 bits per heavy atom. The average Bonchev–Trinajstić information content (AvgIpc) is 2.43.